The molecule has 7 nitrogen and oxygen atoms in total. The summed E-state index contributed by atoms with van der Waals surface area (Å²) in [6.07, 6.45) is 2.36. The van der Waals surface area contributed by atoms with Gasteiger partial charge in [0.15, 0.2) is 0 Å². The van der Waals surface area contributed by atoms with Gasteiger partial charge in [0.25, 0.3) is 0 Å². The molecule has 0 N–H and O–H groups in total. The van der Waals surface area contributed by atoms with Crippen LogP contribution in [0.1, 0.15) is 29.8 Å². The summed E-state index contributed by atoms with van der Waals surface area (Å²) in [6, 6.07) is 14.5. The van der Waals surface area contributed by atoms with Crippen LogP contribution in [0.15, 0.2) is 63.2 Å². The van der Waals surface area contributed by atoms with Crippen LogP contribution in [0.2, 0.25) is 0 Å². The van der Waals surface area contributed by atoms with Crippen molar-refractivity contribution in [3.8, 4) is 0 Å². The zero-order valence-electron chi connectivity index (χ0n) is 14.7. The van der Waals surface area contributed by atoms with E-state index < -0.39 is 4.92 Å². The second-order valence-corrected chi connectivity index (χ2v) is 6.74. The van der Waals surface area contributed by atoms with Gasteiger partial charge in [-0.1, -0.05) is 56.1 Å². The molecule has 0 aliphatic carbocycles. The largest absolute Gasteiger partial charge is 0.298 e. The van der Waals surface area contributed by atoms with Gasteiger partial charge in [0.05, 0.1) is 4.92 Å². The molecule has 0 heterocycles. The molecule has 0 bridgehead atoms. The van der Waals surface area contributed by atoms with Crippen molar-refractivity contribution in [3.05, 3.63) is 94.5 Å². The van der Waals surface area contributed by atoms with Crippen molar-refractivity contribution in [1.29, 1.82) is 0 Å². The maximum Gasteiger partial charge on any atom is 0.243 e. The number of aldehydes is 1. The second kappa shape index (κ2) is 13.8. The predicted molar refractivity (Wildman–Crippen MR) is 112 cm³/mol. The highest BCUT2D eigenvalue weighted by Gasteiger charge is 2.01. The Morgan fingerprint density at radius 2 is 1.30 bits per heavy atom. The lowest BCUT2D eigenvalue weighted by atomic mass is 10.2. The number of benzene rings is 2. The molecule has 2 aromatic carbocycles. The fourth-order valence-corrected chi connectivity index (χ4v) is 1.92. The van der Waals surface area contributed by atoms with Gasteiger partial charge in [0.1, 0.15) is 6.29 Å². The summed E-state index contributed by atoms with van der Waals surface area (Å²) in [7, 11) is 0. The molecular formula is C18H18Br2N2O5. The molecular weight excluding hydrogens is 484 g/mol. The van der Waals surface area contributed by atoms with Crippen LogP contribution >= 0.6 is 31.9 Å². The number of nitrogens with zero attached hydrogens (tertiary/aromatic N) is 2. The van der Waals surface area contributed by atoms with E-state index >= 15 is 0 Å². The molecule has 0 amide bonds. The minimum absolute atomic E-state index is 0.0278. The Kier molecular flexibility index (Phi) is 12.5. The first-order valence-electron chi connectivity index (χ1n) is 7.60. The summed E-state index contributed by atoms with van der Waals surface area (Å²) in [6.45, 7) is 3.00. The van der Waals surface area contributed by atoms with Crippen LogP contribution < -0.4 is 0 Å². The standard InChI is InChI=1S/C9H8BrNO2.C7H5BrO.C2H5NO2/c1-7(11(12)13)6-8-2-4-9(10)5-3-8;8-7-3-1-6(5-9)2-4-7;1-2-3(4)5/h2-6H,1H3;1-5H;2H2,1H3/b7-6+;;. The molecule has 0 radical (unpaired) electrons. The number of halogens is 2. The van der Waals surface area contributed by atoms with Crippen molar-refractivity contribution in [2.45, 2.75) is 13.8 Å². The fraction of sp³-hybridized carbons (Fsp3) is 0.167. The lowest BCUT2D eigenvalue weighted by Gasteiger charge is -1.93. The highest BCUT2D eigenvalue weighted by Crippen LogP contribution is 2.13. The van der Waals surface area contributed by atoms with E-state index in [0.717, 1.165) is 20.8 Å². The van der Waals surface area contributed by atoms with Crippen molar-refractivity contribution in [2.75, 3.05) is 6.54 Å². The molecule has 0 saturated heterocycles. The molecule has 2 aromatic rings. The number of carbonyl (C=O) groups excluding carboxylic acids is 1. The third kappa shape index (κ3) is 12.6. The predicted octanol–water partition coefficient (Wildman–Crippen LogP) is 5.63. The first kappa shape index (κ1) is 24.6. The van der Waals surface area contributed by atoms with Gasteiger partial charge in [0, 0.05) is 39.4 Å². The average molecular weight is 502 g/mol. The number of allylic oxidation sites excluding steroid dienone is 1. The summed E-state index contributed by atoms with van der Waals surface area (Å²) < 4.78 is 1.96. The lowest BCUT2D eigenvalue weighted by Crippen LogP contribution is -1.92. The molecule has 0 fully saturated rings. The molecule has 9 heteroatoms. The highest BCUT2D eigenvalue weighted by atomic mass is 79.9. The van der Waals surface area contributed by atoms with Crippen LogP contribution in [0.3, 0.4) is 0 Å². The van der Waals surface area contributed by atoms with E-state index in [2.05, 4.69) is 31.9 Å². The Labute approximate surface area is 173 Å². The molecule has 0 aromatic heterocycles. The van der Waals surface area contributed by atoms with E-state index in [1.54, 1.807) is 12.1 Å². The minimum Gasteiger partial charge on any atom is -0.298 e. The van der Waals surface area contributed by atoms with Crippen LogP contribution in [-0.4, -0.2) is 22.7 Å². The van der Waals surface area contributed by atoms with Crippen LogP contribution in [0.5, 0.6) is 0 Å². The SMILES string of the molecule is C/C(=C\c1ccc(Br)cc1)[N+](=O)[O-].CC[N+](=O)[O-].O=Cc1ccc(Br)cc1. The van der Waals surface area contributed by atoms with Crippen molar-refractivity contribution in [2.24, 2.45) is 0 Å². The molecule has 27 heavy (non-hydrogen) atoms. The number of hydrogen-bond donors (Lipinski definition) is 0. The van der Waals surface area contributed by atoms with Crippen molar-refractivity contribution >= 4 is 44.2 Å². The maximum atomic E-state index is 10.3. The summed E-state index contributed by atoms with van der Waals surface area (Å²) in [5, 5.41) is 19.5. The molecule has 0 unspecified atom stereocenters. The van der Waals surface area contributed by atoms with Gasteiger partial charge in [0.2, 0.25) is 12.2 Å². The highest BCUT2D eigenvalue weighted by molar-refractivity contribution is 9.10. The Bertz CT molecular complexity index is 775. The summed E-state index contributed by atoms with van der Waals surface area (Å²) in [4.78, 5) is 28.8. The quantitative estimate of drug-likeness (QED) is 0.306. The van der Waals surface area contributed by atoms with Gasteiger partial charge in [-0.3, -0.25) is 25.0 Å². The molecule has 0 aliphatic heterocycles. The van der Waals surface area contributed by atoms with Gasteiger partial charge in [-0.25, -0.2) is 0 Å². The van der Waals surface area contributed by atoms with Crippen LogP contribution in [0.4, 0.5) is 0 Å². The number of rotatable bonds is 4. The monoisotopic (exact) mass is 500 g/mol. The Balaban J connectivity index is 0.000000419. The summed E-state index contributed by atoms with van der Waals surface area (Å²) in [5.41, 5.74) is 1.68. The van der Waals surface area contributed by atoms with E-state index in [0.29, 0.717) is 5.56 Å². The maximum absolute atomic E-state index is 10.3. The van der Waals surface area contributed by atoms with E-state index in [9.17, 15) is 25.0 Å². The molecule has 0 aliphatic rings. The Hall–Kier alpha value is -2.39. The van der Waals surface area contributed by atoms with Crippen LogP contribution in [-0.2, 0) is 0 Å². The van der Waals surface area contributed by atoms with E-state index in [-0.39, 0.29) is 17.2 Å². The first-order valence-corrected chi connectivity index (χ1v) is 9.19. The Morgan fingerprint density at radius 3 is 1.59 bits per heavy atom. The minimum atomic E-state index is -0.401. The molecule has 0 atom stereocenters. The summed E-state index contributed by atoms with van der Waals surface area (Å²) in [5.74, 6) is 0. The lowest BCUT2D eigenvalue weighted by molar-refractivity contribution is -0.475. The number of carbonyl (C=O) groups is 1. The number of nitro groups is 2. The van der Waals surface area contributed by atoms with Crippen molar-refractivity contribution in [1.82, 2.24) is 0 Å². The fourth-order valence-electron chi connectivity index (χ4n) is 1.39. The smallest absolute Gasteiger partial charge is 0.243 e. The van der Waals surface area contributed by atoms with Crippen LogP contribution in [0, 0.1) is 20.2 Å². The number of hydrogen-bond acceptors (Lipinski definition) is 5. The molecule has 0 saturated carbocycles. The van der Waals surface area contributed by atoms with E-state index in [1.807, 2.05) is 36.4 Å². The molecule has 2 rings (SSSR count). The van der Waals surface area contributed by atoms with Gasteiger partial charge in [-0.15, -0.1) is 0 Å². The third-order valence-electron chi connectivity index (χ3n) is 2.80. The second-order valence-electron chi connectivity index (χ2n) is 4.91. The van der Waals surface area contributed by atoms with Gasteiger partial charge in [-0.2, -0.15) is 0 Å². The molecule has 0 spiro atoms. The van der Waals surface area contributed by atoms with Crippen molar-refractivity contribution < 1.29 is 14.6 Å². The normalized spacial score (nSPS) is 9.85. The zero-order chi connectivity index (χ0) is 20.8. The van der Waals surface area contributed by atoms with Gasteiger partial charge in [-0.05, 0) is 29.8 Å². The summed E-state index contributed by atoms with van der Waals surface area (Å²) >= 11 is 6.54. The molecule has 144 valence electrons. The zero-order valence-corrected chi connectivity index (χ0v) is 17.8. The van der Waals surface area contributed by atoms with E-state index in [1.165, 1.54) is 19.9 Å². The van der Waals surface area contributed by atoms with Crippen LogP contribution in [0.25, 0.3) is 6.08 Å². The topological polar surface area (TPSA) is 103 Å². The average Bonchev–Trinajstić information content (AvgIpc) is 2.65. The van der Waals surface area contributed by atoms with Gasteiger partial charge < -0.3 is 0 Å². The van der Waals surface area contributed by atoms with Gasteiger partial charge >= 0.3 is 0 Å². The third-order valence-corrected chi connectivity index (χ3v) is 3.86. The first-order chi connectivity index (χ1) is 12.7. The Morgan fingerprint density at radius 1 is 0.926 bits per heavy atom. The van der Waals surface area contributed by atoms with E-state index in [4.69, 9.17) is 0 Å². The van der Waals surface area contributed by atoms with Crippen molar-refractivity contribution in [3.63, 3.8) is 0 Å².